The van der Waals surface area contributed by atoms with Crippen LogP contribution in [-0.2, 0) is 4.74 Å². The molecule has 2 aliphatic rings. The van der Waals surface area contributed by atoms with Crippen molar-refractivity contribution < 1.29 is 4.74 Å². The van der Waals surface area contributed by atoms with Crippen molar-refractivity contribution in [2.24, 2.45) is 11.8 Å². The van der Waals surface area contributed by atoms with Gasteiger partial charge in [-0.2, -0.15) is 0 Å². The van der Waals surface area contributed by atoms with Crippen LogP contribution in [-0.4, -0.2) is 50.8 Å². The molecule has 1 saturated carbocycles. The van der Waals surface area contributed by atoms with Crippen LogP contribution in [0.3, 0.4) is 0 Å². The van der Waals surface area contributed by atoms with Crippen molar-refractivity contribution in [3.05, 3.63) is 0 Å². The Hall–Kier alpha value is -0.120. The molecule has 1 aliphatic heterocycles. The van der Waals surface area contributed by atoms with Gasteiger partial charge in [-0.05, 0) is 52.1 Å². The quantitative estimate of drug-likeness (QED) is 0.813. The lowest BCUT2D eigenvalue weighted by molar-refractivity contribution is 0.133. The molecule has 2 unspecified atom stereocenters. The lowest BCUT2D eigenvalue weighted by atomic mass is 9.86. The van der Waals surface area contributed by atoms with Crippen LogP contribution in [0.4, 0.5) is 0 Å². The summed E-state index contributed by atoms with van der Waals surface area (Å²) in [6.45, 7) is 5.46. The van der Waals surface area contributed by atoms with Crippen LogP contribution in [0.5, 0.6) is 0 Å². The van der Waals surface area contributed by atoms with Gasteiger partial charge in [0.2, 0.25) is 0 Å². The molecule has 0 aromatic rings. The van der Waals surface area contributed by atoms with Crippen molar-refractivity contribution >= 4 is 0 Å². The summed E-state index contributed by atoms with van der Waals surface area (Å²) in [4.78, 5) is 2.59. The first-order chi connectivity index (χ1) is 8.70. The van der Waals surface area contributed by atoms with Crippen molar-refractivity contribution in [3.63, 3.8) is 0 Å². The third-order valence-electron chi connectivity index (χ3n) is 5.00. The first-order valence-electron chi connectivity index (χ1n) is 7.66. The van der Waals surface area contributed by atoms with E-state index in [1.165, 1.54) is 38.6 Å². The molecule has 0 radical (unpaired) electrons. The molecule has 2 rings (SSSR count). The fourth-order valence-electron chi connectivity index (χ4n) is 3.49. The van der Waals surface area contributed by atoms with E-state index in [-0.39, 0.29) is 0 Å². The van der Waals surface area contributed by atoms with Crippen LogP contribution in [0.25, 0.3) is 0 Å². The Morgan fingerprint density at radius 2 is 1.94 bits per heavy atom. The van der Waals surface area contributed by atoms with Gasteiger partial charge in [0.25, 0.3) is 0 Å². The van der Waals surface area contributed by atoms with Gasteiger partial charge in [-0.25, -0.2) is 0 Å². The molecule has 0 spiro atoms. The summed E-state index contributed by atoms with van der Waals surface area (Å²) in [5.74, 6) is 1.65. The van der Waals surface area contributed by atoms with Crippen molar-refractivity contribution in [3.8, 4) is 0 Å². The Kier molecular flexibility index (Phi) is 5.46. The number of likely N-dealkylation sites (N-methyl/N-ethyl adjacent to an activating group) is 2. The largest absolute Gasteiger partial charge is 0.381 e. The van der Waals surface area contributed by atoms with Crippen molar-refractivity contribution in [1.29, 1.82) is 0 Å². The molecule has 1 saturated heterocycles. The zero-order valence-corrected chi connectivity index (χ0v) is 12.3. The summed E-state index contributed by atoms with van der Waals surface area (Å²) >= 11 is 0. The second kappa shape index (κ2) is 6.88. The summed E-state index contributed by atoms with van der Waals surface area (Å²) in [6, 6.07) is 1.40. The first-order valence-corrected chi connectivity index (χ1v) is 7.66. The molecule has 1 aliphatic carbocycles. The zero-order chi connectivity index (χ0) is 13.0. The highest BCUT2D eigenvalue weighted by Crippen LogP contribution is 2.27. The summed E-state index contributed by atoms with van der Waals surface area (Å²) < 4.78 is 5.52. The van der Waals surface area contributed by atoms with Crippen molar-refractivity contribution in [1.82, 2.24) is 10.2 Å². The van der Waals surface area contributed by atoms with Crippen LogP contribution in [0, 0.1) is 11.8 Å². The predicted molar refractivity (Wildman–Crippen MR) is 75.8 cm³/mol. The van der Waals surface area contributed by atoms with Crippen molar-refractivity contribution in [2.45, 2.75) is 51.1 Å². The maximum absolute atomic E-state index is 5.52. The SMILES string of the molecule is CNC(CN(C)C1CCC(C)CC1)C1CCOC1. The monoisotopic (exact) mass is 254 g/mol. The van der Waals surface area contributed by atoms with Crippen LogP contribution in [0.1, 0.15) is 39.0 Å². The summed E-state index contributed by atoms with van der Waals surface area (Å²) in [5.41, 5.74) is 0. The van der Waals surface area contributed by atoms with E-state index in [0.717, 1.165) is 25.2 Å². The number of nitrogens with zero attached hydrogens (tertiary/aromatic N) is 1. The predicted octanol–water partition coefficient (Wildman–Crippen LogP) is 2.12. The van der Waals surface area contributed by atoms with Gasteiger partial charge in [0, 0.05) is 31.2 Å². The van der Waals surface area contributed by atoms with Gasteiger partial charge in [0.15, 0.2) is 0 Å². The fraction of sp³-hybridized carbons (Fsp3) is 1.00. The van der Waals surface area contributed by atoms with Gasteiger partial charge in [-0.3, -0.25) is 0 Å². The molecule has 0 amide bonds. The number of nitrogens with one attached hydrogen (secondary N) is 1. The molecule has 3 nitrogen and oxygen atoms in total. The first kappa shape index (κ1) is 14.3. The molecule has 1 N–H and O–H groups in total. The Balaban J connectivity index is 1.79. The Morgan fingerprint density at radius 3 is 2.50 bits per heavy atom. The number of hydrogen-bond donors (Lipinski definition) is 1. The van der Waals surface area contributed by atoms with E-state index in [0.29, 0.717) is 12.0 Å². The van der Waals surface area contributed by atoms with Gasteiger partial charge in [0.1, 0.15) is 0 Å². The minimum atomic E-state index is 0.594. The zero-order valence-electron chi connectivity index (χ0n) is 12.3. The molecular weight excluding hydrogens is 224 g/mol. The normalized spacial score (nSPS) is 35.0. The molecule has 0 aromatic heterocycles. The fourth-order valence-corrected chi connectivity index (χ4v) is 3.49. The highest BCUT2D eigenvalue weighted by Gasteiger charge is 2.28. The van der Waals surface area contributed by atoms with Crippen LogP contribution in [0.2, 0.25) is 0 Å². The van der Waals surface area contributed by atoms with Crippen LogP contribution in [0.15, 0.2) is 0 Å². The number of hydrogen-bond acceptors (Lipinski definition) is 3. The Labute approximate surface area is 112 Å². The van der Waals surface area contributed by atoms with Gasteiger partial charge in [-0.15, -0.1) is 0 Å². The van der Waals surface area contributed by atoms with Gasteiger partial charge in [-0.1, -0.05) is 6.92 Å². The Bertz CT molecular complexity index is 233. The van der Waals surface area contributed by atoms with Crippen molar-refractivity contribution in [2.75, 3.05) is 33.9 Å². The second-order valence-electron chi connectivity index (χ2n) is 6.37. The molecule has 1 heterocycles. The third kappa shape index (κ3) is 3.69. The smallest absolute Gasteiger partial charge is 0.0510 e. The van der Waals surface area contributed by atoms with E-state index in [1.807, 2.05) is 0 Å². The highest BCUT2D eigenvalue weighted by molar-refractivity contribution is 4.84. The molecular formula is C15H30N2O. The summed E-state index contributed by atoms with van der Waals surface area (Å²) in [7, 11) is 4.40. The van der Waals surface area contributed by atoms with Gasteiger partial charge in [0.05, 0.1) is 6.61 Å². The third-order valence-corrected chi connectivity index (χ3v) is 5.00. The average Bonchev–Trinajstić information content (AvgIpc) is 2.90. The molecule has 0 aromatic carbocycles. The molecule has 3 heteroatoms. The van der Waals surface area contributed by atoms with Crippen LogP contribution >= 0.6 is 0 Å². The Morgan fingerprint density at radius 1 is 1.22 bits per heavy atom. The lowest BCUT2D eigenvalue weighted by Crippen LogP contribution is -2.47. The van der Waals surface area contributed by atoms with E-state index < -0.39 is 0 Å². The van der Waals surface area contributed by atoms with Crippen LogP contribution < -0.4 is 5.32 Å². The van der Waals surface area contributed by atoms with Gasteiger partial charge < -0.3 is 15.0 Å². The van der Waals surface area contributed by atoms with E-state index in [1.54, 1.807) is 0 Å². The maximum atomic E-state index is 5.52. The van der Waals surface area contributed by atoms with E-state index in [2.05, 4.69) is 31.2 Å². The molecule has 0 bridgehead atoms. The summed E-state index contributed by atoms with van der Waals surface area (Å²) in [5, 5.41) is 3.50. The number of rotatable bonds is 5. The van der Waals surface area contributed by atoms with E-state index in [4.69, 9.17) is 4.74 Å². The second-order valence-corrected chi connectivity index (χ2v) is 6.37. The molecule has 18 heavy (non-hydrogen) atoms. The molecule has 2 atom stereocenters. The number of ether oxygens (including phenoxy) is 1. The minimum absolute atomic E-state index is 0.594. The lowest BCUT2D eigenvalue weighted by Gasteiger charge is -2.36. The highest BCUT2D eigenvalue weighted by atomic mass is 16.5. The average molecular weight is 254 g/mol. The van der Waals surface area contributed by atoms with E-state index >= 15 is 0 Å². The standard InChI is InChI=1S/C15H30N2O/c1-12-4-6-14(7-5-12)17(3)10-15(16-2)13-8-9-18-11-13/h12-16H,4-11H2,1-3H3. The van der Waals surface area contributed by atoms with E-state index in [9.17, 15) is 0 Å². The molecule has 2 fully saturated rings. The minimum Gasteiger partial charge on any atom is -0.381 e. The molecule has 106 valence electrons. The maximum Gasteiger partial charge on any atom is 0.0510 e. The van der Waals surface area contributed by atoms with Gasteiger partial charge >= 0.3 is 0 Å². The topological polar surface area (TPSA) is 24.5 Å². The summed E-state index contributed by atoms with van der Waals surface area (Å²) in [6.07, 6.45) is 6.81.